The van der Waals surface area contributed by atoms with Gasteiger partial charge in [0.05, 0.1) is 0 Å². The normalized spacial score (nSPS) is 19.9. The number of carboxylic acid groups (broad SMARTS) is 1. The molecule has 0 amide bonds. The Morgan fingerprint density at radius 2 is 2.00 bits per heavy atom. The second-order valence-corrected chi connectivity index (χ2v) is 7.08. The highest BCUT2D eigenvalue weighted by atomic mass is 16.4. The van der Waals surface area contributed by atoms with Crippen LogP contribution < -0.4 is 0 Å². The number of carbonyl (C=O) groups is 1. The first-order valence-electron chi connectivity index (χ1n) is 8.15. The van der Waals surface area contributed by atoms with Crippen molar-refractivity contribution in [2.45, 2.75) is 66.7 Å². The van der Waals surface area contributed by atoms with E-state index in [0.29, 0.717) is 5.41 Å². The van der Waals surface area contributed by atoms with Crippen LogP contribution in [0.25, 0.3) is 0 Å². The predicted octanol–water partition coefficient (Wildman–Crippen LogP) is 5.83. The van der Waals surface area contributed by atoms with Crippen molar-refractivity contribution in [3.8, 4) is 0 Å². The van der Waals surface area contributed by atoms with Gasteiger partial charge in [-0.2, -0.15) is 0 Å². The Morgan fingerprint density at radius 3 is 2.59 bits per heavy atom. The molecule has 1 aliphatic carbocycles. The molecule has 0 saturated carbocycles. The highest BCUT2D eigenvalue weighted by molar-refractivity contribution is 5.81. The SMILES string of the molecule is CC1=C(C/C=C(/C)C/C=C/C(C)=C/C(=O)O)C(C)(C)CCC1. The van der Waals surface area contributed by atoms with Crippen LogP contribution in [0.2, 0.25) is 0 Å². The minimum Gasteiger partial charge on any atom is -0.478 e. The van der Waals surface area contributed by atoms with Crippen molar-refractivity contribution in [1.82, 2.24) is 0 Å². The Kier molecular flexibility index (Phi) is 6.86. The van der Waals surface area contributed by atoms with Gasteiger partial charge in [-0.05, 0) is 63.9 Å². The molecule has 0 aromatic rings. The first kappa shape index (κ1) is 18.5. The van der Waals surface area contributed by atoms with Crippen molar-refractivity contribution in [3.63, 3.8) is 0 Å². The summed E-state index contributed by atoms with van der Waals surface area (Å²) in [4.78, 5) is 10.5. The largest absolute Gasteiger partial charge is 0.478 e. The van der Waals surface area contributed by atoms with Crippen LogP contribution >= 0.6 is 0 Å². The predicted molar refractivity (Wildman–Crippen MR) is 93.9 cm³/mol. The maximum Gasteiger partial charge on any atom is 0.328 e. The van der Waals surface area contributed by atoms with E-state index in [2.05, 4.69) is 33.8 Å². The second-order valence-electron chi connectivity index (χ2n) is 7.08. The second kappa shape index (κ2) is 8.17. The average Bonchev–Trinajstić information content (AvgIpc) is 2.36. The summed E-state index contributed by atoms with van der Waals surface area (Å²) in [5.74, 6) is -0.892. The molecule has 0 aliphatic heterocycles. The fraction of sp³-hybridized carbons (Fsp3) is 0.550. The topological polar surface area (TPSA) is 37.3 Å². The van der Waals surface area contributed by atoms with Gasteiger partial charge in [-0.25, -0.2) is 4.79 Å². The zero-order valence-corrected chi connectivity index (χ0v) is 14.7. The van der Waals surface area contributed by atoms with Crippen LogP contribution in [0.15, 0.2) is 46.6 Å². The van der Waals surface area contributed by atoms with Gasteiger partial charge in [-0.15, -0.1) is 0 Å². The van der Waals surface area contributed by atoms with E-state index in [1.165, 1.54) is 30.9 Å². The van der Waals surface area contributed by atoms with E-state index in [4.69, 9.17) is 5.11 Å². The van der Waals surface area contributed by atoms with E-state index in [1.54, 1.807) is 11.1 Å². The van der Waals surface area contributed by atoms with Crippen molar-refractivity contribution < 1.29 is 9.90 Å². The summed E-state index contributed by atoms with van der Waals surface area (Å²) in [7, 11) is 0. The molecular formula is C20H30O2. The molecule has 0 aromatic carbocycles. The van der Waals surface area contributed by atoms with Gasteiger partial charge in [0, 0.05) is 6.08 Å². The Labute approximate surface area is 135 Å². The molecule has 2 nitrogen and oxygen atoms in total. The molecule has 0 fully saturated rings. The highest BCUT2D eigenvalue weighted by Crippen LogP contribution is 2.42. The van der Waals surface area contributed by atoms with Crippen LogP contribution in [0.3, 0.4) is 0 Å². The molecule has 0 saturated heterocycles. The molecule has 0 heterocycles. The molecule has 22 heavy (non-hydrogen) atoms. The standard InChI is InChI=1S/C20H30O2/c1-15(8-6-9-16(2)14-19(21)22)11-12-18-17(3)10-7-13-20(18,4)5/h6,9,11,14H,7-8,10,12-13H2,1-5H3,(H,21,22)/b9-6+,15-11-,16-14+. The number of rotatable bonds is 6. The monoisotopic (exact) mass is 302 g/mol. The maximum atomic E-state index is 10.5. The summed E-state index contributed by atoms with van der Waals surface area (Å²) in [6.45, 7) is 10.9. The number of carboxylic acids is 1. The van der Waals surface area contributed by atoms with Gasteiger partial charge < -0.3 is 5.11 Å². The van der Waals surface area contributed by atoms with Crippen molar-refractivity contribution in [2.24, 2.45) is 5.41 Å². The molecular weight excluding hydrogens is 272 g/mol. The lowest BCUT2D eigenvalue weighted by atomic mass is 9.71. The molecule has 0 unspecified atom stereocenters. The lowest BCUT2D eigenvalue weighted by molar-refractivity contribution is -0.131. The quantitative estimate of drug-likeness (QED) is 0.381. The Bertz CT molecular complexity index is 528. The molecule has 2 heteroatoms. The average molecular weight is 302 g/mol. The van der Waals surface area contributed by atoms with Crippen LogP contribution in [0.5, 0.6) is 0 Å². The molecule has 1 rings (SSSR count). The van der Waals surface area contributed by atoms with Gasteiger partial charge in [0.15, 0.2) is 0 Å². The maximum absolute atomic E-state index is 10.5. The van der Waals surface area contributed by atoms with E-state index < -0.39 is 5.97 Å². The fourth-order valence-corrected chi connectivity index (χ4v) is 3.16. The van der Waals surface area contributed by atoms with E-state index in [1.807, 2.05) is 19.1 Å². The third-order valence-electron chi connectivity index (χ3n) is 4.51. The Morgan fingerprint density at radius 1 is 1.32 bits per heavy atom. The van der Waals surface area contributed by atoms with Crippen molar-refractivity contribution in [3.05, 3.63) is 46.6 Å². The van der Waals surface area contributed by atoms with Gasteiger partial charge in [0.2, 0.25) is 0 Å². The van der Waals surface area contributed by atoms with Gasteiger partial charge in [0.1, 0.15) is 0 Å². The van der Waals surface area contributed by atoms with Crippen LogP contribution in [-0.4, -0.2) is 11.1 Å². The number of hydrogen-bond acceptors (Lipinski definition) is 1. The Balaban J connectivity index is 2.63. The molecule has 0 aromatic heterocycles. The first-order chi connectivity index (χ1) is 10.2. The fourth-order valence-electron chi connectivity index (χ4n) is 3.16. The number of allylic oxidation sites excluding steroid dienone is 7. The van der Waals surface area contributed by atoms with E-state index in [-0.39, 0.29) is 0 Å². The smallest absolute Gasteiger partial charge is 0.328 e. The third kappa shape index (κ3) is 6.05. The molecule has 1 N–H and O–H groups in total. The summed E-state index contributed by atoms with van der Waals surface area (Å²) in [6.07, 6.45) is 13.2. The first-order valence-corrected chi connectivity index (χ1v) is 8.15. The summed E-state index contributed by atoms with van der Waals surface area (Å²) in [6, 6.07) is 0. The highest BCUT2D eigenvalue weighted by Gasteiger charge is 2.27. The van der Waals surface area contributed by atoms with E-state index in [9.17, 15) is 4.79 Å². The number of hydrogen-bond donors (Lipinski definition) is 1. The van der Waals surface area contributed by atoms with Gasteiger partial charge in [-0.1, -0.05) is 48.8 Å². The Hall–Kier alpha value is -1.57. The minimum absolute atomic E-state index is 0.329. The van der Waals surface area contributed by atoms with Gasteiger partial charge in [-0.3, -0.25) is 0 Å². The van der Waals surface area contributed by atoms with Crippen molar-refractivity contribution in [1.29, 1.82) is 0 Å². The summed E-state index contributed by atoms with van der Waals surface area (Å²) >= 11 is 0. The lowest BCUT2D eigenvalue weighted by Crippen LogP contribution is -2.20. The summed E-state index contributed by atoms with van der Waals surface area (Å²) in [5, 5.41) is 8.67. The summed E-state index contributed by atoms with van der Waals surface area (Å²) < 4.78 is 0. The van der Waals surface area contributed by atoms with Crippen LogP contribution in [0.1, 0.15) is 66.7 Å². The summed E-state index contributed by atoms with van der Waals surface area (Å²) in [5.41, 5.74) is 5.60. The zero-order chi connectivity index (χ0) is 16.8. The molecule has 1 aliphatic rings. The zero-order valence-electron chi connectivity index (χ0n) is 14.7. The molecule has 122 valence electrons. The van der Waals surface area contributed by atoms with Crippen LogP contribution in [-0.2, 0) is 4.79 Å². The number of aliphatic carboxylic acids is 1. The molecule has 0 bridgehead atoms. The molecule has 0 atom stereocenters. The lowest BCUT2D eigenvalue weighted by Gasteiger charge is -2.34. The third-order valence-corrected chi connectivity index (χ3v) is 4.51. The van der Waals surface area contributed by atoms with E-state index >= 15 is 0 Å². The van der Waals surface area contributed by atoms with Gasteiger partial charge >= 0.3 is 5.97 Å². The van der Waals surface area contributed by atoms with Crippen molar-refractivity contribution >= 4 is 5.97 Å². The van der Waals surface area contributed by atoms with Crippen molar-refractivity contribution in [2.75, 3.05) is 0 Å². The van der Waals surface area contributed by atoms with Crippen LogP contribution in [0.4, 0.5) is 0 Å². The minimum atomic E-state index is -0.892. The van der Waals surface area contributed by atoms with Crippen LogP contribution in [0, 0.1) is 5.41 Å². The van der Waals surface area contributed by atoms with E-state index in [0.717, 1.165) is 18.4 Å². The molecule has 0 spiro atoms. The van der Waals surface area contributed by atoms with Gasteiger partial charge in [0.25, 0.3) is 0 Å². The molecule has 0 radical (unpaired) electrons.